The van der Waals surface area contributed by atoms with Crippen LogP contribution in [0.3, 0.4) is 0 Å². The first-order valence-electron chi connectivity index (χ1n) is 8.24. The molecule has 0 aromatic heterocycles. The van der Waals surface area contributed by atoms with Crippen molar-refractivity contribution in [2.75, 3.05) is 31.6 Å². The number of carbonyl (C=O) groups is 1. The average molecular weight is 381 g/mol. The Balaban J connectivity index is 1.52. The van der Waals surface area contributed by atoms with E-state index >= 15 is 0 Å². The molecule has 0 saturated carbocycles. The minimum absolute atomic E-state index is 0.140. The molecule has 1 atom stereocenters. The Morgan fingerprint density at radius 1 is 1.00 bits per heavy atom. The van der Waals surface area contributed by atoms with Gasteiger partial charge in [0.1, 0.15) is 0 Å². The third-order valence-electron chi connectivity index (χ3n) is 5.36. The molecule has 5 rings (SSSR count). The van der Waals surface area contributed by atoms with Crippen LogP contribution in [0.4, 0.5) is 5.69 Å². The van der Waals surface area contributed by atoms with Crippen LogP contribution in [-0.4, -0.2) is 37.4 Å². The zero-order valence-electron chi connectivity index (χ0n) is 13.4. The van der Waals surface area contributed by atoms with Crippen molar-refractivity contribution in [2.24, 2.45) is 5.92 Å². The normalized spacial score (nSPS) is 21.0. The summed E-state index contributed by atoms with van der Waals surface area (Å²) in [7, 11) is 2.14. The van der Waals surface area contributed by atoms with Crippen molar-refractivity contribution < 1.29 is 4.79 Å². The highest BCUT2D eigenvalue weighted by Crippen LogP contribution is 2.41. The van der Waals surface area contributed by atoms with Gasteiger partial charge in [0.15, 0.2) is 5.78 Å². The Bertz CT molecular complexity index is 918. The Hall–Kier alpha value is -2.07. The van der Waals surface area contributed by atoms with Gasteiger partial charge in [0.05, 0.1) is 0 Å². The smallest absolute Gasteiger partial charge is 0.194 e. The molecule has 0 spiro atoms. The Morgan fingerprint density at radius 3 is 2.54 bits per heavy atom. The lowest BCUT2D eigenvalue weighted by Crippen LogP contribution is -2.24. The van der Waals surface area contributed by atoms with E-state index < -0.39 is 0 Å². The Morgan fingerprint density at radius 2 is 1.75 bits per heavy atom. The molecule has 0 bridgehead atoms. The molecule has 0 N–H and O–H groups in total. The number of rotatable bonds is 1. The van der Waals surface area contributed by atoms with Crippen LogP contribution in [0.25, 0.3) is 11.1 Å². The number of nitrogens with zero attached hydrogens (tertiary/aromatic N) is 2. The monoisotopic (exact) mass is 380 g/mol. The molecule has 3 nitrogen and oxygen atoms in total. The summed E-state index contributed by atoms with van der Waals surface area (Å²) >= 11 is 3.47. The molecule has 120 valence electrons. The Labute approximate surface area is 149 Å². The number of ketones is 1. The summed E-state index contributed by atoms with van der Waals surface area (Å²) in [6.07, 6.45) is 2.27. The van der Waals surface area contributed by atoms with Crippen LogP contribution in [0.1, 0.15) is 15.9 Å². The quantitative estimate of drug-likeness (QED) is 0.638. The zero-order valence-corrected chi connectivity index (χ0v) is 15.0. The van der Waals surface area contributed by atoms with Gasteiger partial charge in [0, 0.05) is 60.1 Å². The molecule has 1 fully saturated rings. The fourth-order valence-electron chi connectivity index (χ4n) is 4.23. The van der Waals surface area contributed by atoms with Gasteiger partial charge in [-0.1, -0.05) is 28.1 Å². The highest BCUT2D eigenvalue weighted by Gasteiger charge is 2.33. The minimum atomic E-state index is 0.140. The van der Waals surface area contributed by atoms with Crippen molar-refractivity contribution in [1.82, 2.24) is 4.90 Å². The third kappa shape index (κ3) is 1.99. The van der Waals surface area contributed by atoms with Gasteiger partial charge in [-0.25, -0.2) is 0 Å². The summed E-state index contributed by atoms with van der Waals surface area (Å²) in [6.45, 7) is 3.12. The molecule has 24 heavy (non-hydrogen) atoms. The first kappa shape index (κ1) is 14.3. The van der Waals surface area contributed by atoms with Gasteiger partial charge in [0.25, 0.3) is 0 Å². The number of hydrogen-bond donors (Lipinski definition) is 0. The van der Waals surface area contributed by atoms with Crippen molar-refractivity contribution in [3.63, 3.8) is 0 Å². The minimum Gasteiger partial charge on any atom is -0.380 e. The second-order valence-electron chi connectivity index (χ2n) is 6.97. The highest BCUT2D eigenvalue weighted by atomic mass is 79.9. The van der Waals surface area contributed by atoms with E-state index in [2.05, 4.69) is 57.2 Å². The van der Waals surface area contributed by atoms with Gasteiger partial charge < -0.3 is 9.80 Å². The van der Waals surface area contributed by atoms with E-state index in [0.29, 0.717) is 5.92 Å². The van der Waals surface area contributed by atoms with Crippen molar-refractivity contribution in [1.29, 1.82) is 0 Å². The highest BCUT2D eigenvalue weighted by molar-refractivity contribution is 9.10. The van der Waals surface area contributed by atoms with E-state index in [1.807, 2.05) is 18.2 Å². The van der Waals surface area contributed by atoms with Gasteiger partial charge in [-0.2, -0.15) is 0 Å². The number of anilines is 1. The maximum absolute atomic E-state index is 12.8. The molecule has 0 radical (unpaired) electrons. The molecule has 2 aromatic carbocycles. The van der Waals surface area contributed by atoms with Crippen LogP contribution in [-0.2, 0) is 0 Å². The van der Waals surface area contributed by atoms with E-state index in [1.165, 1.54) is 5.57 Å². The molecule has 4 heteroatoms. The summed E-state index contributed by atoms with van der Waals surface area (Å²) < 4.78 is 0.950. The zero-order chi connectivity index (χ0) is 16.4. The average Bonchev–Trinajstić information content (AvgIpc) is 3.18. The predicted molar refractivity (Wildman–Crippen MR) is 99.4 cm³/mol. The molecule has 1 saturated heterocycles. The fourth-order valence-corrected chi connectivity index (χ4v) is 4.60. The van der Waals surface area contributed by atoms with E-state index in [1.54, 1.807) is 0 Å². The molecule has 2 aliphatic heterocycles. The molecular weight excluding hydrogens is 364 g/mol. The lowest BCUT2D eigenvalue weighted by Gasteiger charge is -2.21. The lowest BCUT2D eigenvalue weighted by atomic mass is 10.1. The molecule has 3 aliphatic rings. The maximum atomic E-state index is 12.8. The summed E-state index contributed by atoms with van der Waals surface area (Å²) in [5.74, 6) is 0.772. The van der Waals surface area contributed by atoms with Gasteiger partial charge in [0.2, 0.25) is 0 Å². The maximum Gasteiger partial charge on any atom is 0.194 e. The van der Waals surface area contributed by atoms with Crippen LogP contribution < -0.4 is 4.90 Å². The lowest BCUT2D eigenvalue weighted by molar-refractivity contribution is 0.104. The van der Waals surface area contributed by atoms with Crippen molar-refractivity contribution in [2.45, 2.75) is 0 Å². The van der Waals surface area contributed by atoms with Crippen LogP contribution in [0.2, 0.25) is 0 Å². The SMILES string of the molecule is CN1C=C2CN(c3ccc4c(c3)C(=O)c3cc(Br)ccc3-4)CC2C1. The molecular formula is C20H17BrN2O. The fraction of sp³-hybridized carbons (Fsp3) is 0.250. The van der Waals surface area contributed by atoms with E-state index in [-0.39, 0.29) is 5.78 Å². The van der Waals surface area contributed by atoms with Crippen molar-refractivity contribution >= 4 is 27.4 Å². The standard InChI is InChI=1S/C20H17BrN2O/c1-22-8-12-10-23(11-13(12)9-22)15-3-5-17-16-4-2-14(21)6-18(16)20(24)19(17)7-15/h2-8,13H,9-11H2,1H3. The first-order chi connectivity index (χ1) is 11.6. The van der Waals surface area contributed by atoms with Crippen LogP contribution in [0.15, 0.2) is 52.6 Å². The van der Waals surface area contributed by atoms with E-state index in [4.69, 9.17) is 0 Å². The molecule has 1 unspecified atom stereocenters. The molecule has 2 aromatic rings. The van der Waals surface area contributed by atoms with E-state index in [0.717, 1.165) is 52.0 Å². The number of carbonyl (C=O) groups excluding carboxylic acids is 1. The van der Waals surface area contributed by atoms with E-state index in [9.17, 15) is 4.79 Å². The summed E-state index contributed by atoms with van der Waals surface area (Å²) in [6, 6.07) is 12.3. The number of hydrogen-bond acceptors (Lipinski definition) is 3. The molecule has 1 aliphatic carbocycles. The predicted octanol–water partition coefficient (Wildman–Crippen LogP) is 3.93. The summed E-state index contributed by atoms with van der Waals surface area (Å²) in [4.78, 5) is 17.5. The summed E-state index contributed by atoms with van der Waals surface area (Å²) in [5, 5.41) is 0. The largest absolute Gasteiger partial charge is 0.380 e. The van der Waals surface area contributed by atoms with Crippen LogP contribution in [0.5, 0.6) is 0 Å². The Kier molecular flexibility index (Phi) is 2.95. The van der Waals surface area contributed by atoms with Gasteiger partial charge >= 0.3 is 0 Å². The van der Waals surface area contributed by atoms with Gasteiger partial charge in [-0.05, 0) is 41.0 Å². The first-order valence-corrected chi connectivity index (χ1v) is 9.04. The number of fused-ring (bicyclic) bond motifs is 4. The van der Waals surface area contributed by atoms with Crippen molar-refractivity contribution in [3.8, 4) is 11.1 Å². The van der Waals surface area contributed by atoms with Crippen LogP contribution in [0, 0.1) is 5.92 Å². The van der Waals surface area contributed by atoms with Crippen LogP contribution >= 0.6 is 15.9 Å². The van der Waals surface area contributed by atoms with Gasteiger partial charge in [-0.15, -0.1) is 0 Å². The summed E-state index contributed by atoms with van der Waals surface area (Å²) in [5.41, 5.74) is 6.42. The van der Waals surface area contributed by atoms with Gasteiger partial charge in [-0.3, -0.25) is 4.79 Å². The second-order valence-corrected chi connectivity index (χ2v) is 7.89. The second kappa shape index (κ2) is 4.96. The number of halogens is 1. The number of benzene rings is 2. The topological polar surface area (TPSA) is 23.6 Å². The third-order valence-corrected chi connectivity index (χ3v) is 5.86. The molecule has 0 amide bonds. The molecule has 2 heterocycles. The van der Waals surface area contributed by atoms with Crippen molar-refractivity contribution in [3.05, 3.63) is 63.8 Å².